The van der Waals surface area contributed by atoms with Gasteiger partial charge < -0.3 is 9.47 Å². The highest BCUT2D eigenvalue weighted by Gasteiger charge is 2.32. The summed E-state index contributed by atoms with van der Waals surface area (Å²) in [6, 6.07) is 8.24. The van der Waals surface area contributed by atoms with Crippen LogP contribution in [0.25, 0.3) is 0 Å². The second-order valence-electron chi connectivity index (χ2n) is 4.94. The lowest BCUT2D eigenvalue weighted by Gasteiger charge is -2.13. The van der Waals surface area contributed by atoms with Gasteiger partial charge in [0.2, 0.25) is 0 Å². The van der Waals surface area contributed by atoms with Crippen molar-refractivity contribution in [2.45, 2.75) is 24.9 Å². The average Bonchev–Trinajstić information content (AvgIpc) is 3.15. The van der Waals surface area contributed by atoms with Crippen molar-refractivity contribution in [3.63, 3.8) is 0 Å². The topological polar surface area (TPSA) is 38.8 Å². The summed E-state index contributed by atoms with van der Waals surface area (Å²) in [6.07, 6.45) is 2.14. The van der Waals surface area contributed by atoms with Gasteiger partial charge in [0.15, 0.2) is 0 Å². The molecular weight excluding hydrogens is 230 g/mol. The van der Waals surface area contributed by atoms with Gasteiger partial charge >= 0.3 is 6.09 Å². The lowest BCUT2D eigenvalue weighted by Crippen LogP contribution is -2.25. The van der Waals surface area contributed by atoms with E-state index in [0.717, 1.165) is 11.6 Å². The standard InChI is InChI=1S/C14H17NO3/c1-17-9-13-8-15(14(16)18-13)12-6-4-11(5-7-12)10-2-3-10/h4-7,10,13H,2-3,8-9H2,1H3. The number of nitrogens with zero attached hydrogens (tertiary/aromatic N) is 1. The molecule has 96 valence electrons. The van der Waals surface area contributed by atoms with Crippen LogP contribution in [-0.2, 0) is 9.47 Å². The van der Waals surface area contributed by atoms with E-state index < -0.39 is 0 Å². The van der Waals surface area contributed by atoms with Crippen molar-refractivity contribution in [1.82, 2.24) is 0 Å². The Morgan fingerprint density at radius 2 is 2.06 bits per heavy atom. The van der Waals surface area contributed by atoms with Crippen molar-refractivity contribution in [2.75, 3.05) is 25.2 Å². The Hall–Kier alpha value is -1.55. The summed E-state index contributed by atoms with van der Waals surface area (Å²) in [5.74, 6) is 0.741. The second kappa shape index (κ2) is 4.61. The number of carbonyl (C=O) groups is 1. The summed E-state index contributed by atoms with van der Waals surface area (Å²) < 4.78 is 10.2. The number of hydrogen-bond acceptors (Lipinski definition) is 3. The molecule has 1 unspecified atom stereocenters. The lowest BCUT2D eigenvalue weighted by molar-refractivity contribution is 0.0718. The molecule has 1 aliphatic carbocycles. The third kappa shape index (κ3) is 2.20. The minimum absolute atomic E-state index is 0.161. The van der Waals surface area contributed by atoms with E-state index in [1.54, 1.807) is 12.0 Å². The van der Waals surface area contributed by atoms with E-state index in [0.29, 0.717) is 13.2 Å². The zero-order valence-corrected chi connectivity index (χ0v) is 10.5. The van der Waals surface area contributed by atoms with E-state index in [4.69, 9.17) is 9.47 Å². The van der Waals surface area contributed by atoms with Gasteiger partial charge in [-0.25, -0.2) is 4.79 Å². The predicted molar refractivity (Wildman–Crippen MR) is 67.9 cm³/mol. The summed E-state index contributed by atoms with van der Waals surface area (Å²) in [5, 5.41) is 0. The van der Waals surface area contributed by atoms with Crippen LogP contribution in [0.2, 0.25) is 0 Å². The SMILES string of the molecule is COCC1CN(c2ccc(C3CC3)cc2)C(=O)O1. The Labute approximate surface area is 106 Å². The molecule has 2 fully saturated rings. The maximum Gasteiger partial charge on any atom is 0.414 e. The molecule has 1 amide bonds. The van der Waals surface area contributed by atoms with Crippen LogP contribution in [0.1, 0.15) is 24.3 Å². The molecular formula is C14H17NO3. The first-order chi connectivity index (χ1) is 8.78. The monoisotopic (exact) mass is 247 g/mol. The molecule has 3 rings (SSSR count). The molecule has 1 aliphatic heterocycles. The third-order valence-electron chi connectivity index (χ3n) is 3.48. The Morgan fingerprint density at radius 3 is 2.67 bits per heavy atom. The van der Waals surface area contributed by atoms with Gasteiger partial charge in [-0.15, -0.1) is 0 Å². The average molecular weight is 247 g/mol. The smallest absolute Gasteiger partial charge is 0.414 e. The number of carbonyl (C=O) groups excluding carboxylic acids is 1. The van der Waals surface area contributed by atoms with E-state index in [1.807, 2.05) is 12.1 Å². The number of methoxy groups -OCH3 is 1. The Bertz CT molecular complexity index is 439. The van der Waals surface area contributed by atoms with Gasteiger partial charge in [-0.2, -0.15) is 0 Å². The third-order valence-corrected chi connectivity index (χ3v) is 3.48. The number of anilines is 1. The van der Waals surface area contributed by atoms with Crippen molar-refractivity contribution in [3.8, 4) is 0 Å². The summed E-state index contributed by atoms with van der Waals surface area (Å²) in [7, 11) is 1.61. The maximum absolute atomic E-state index is 11.7. The number of benzene rings is 1. The highest BCUT2D eigenvalue weighted by atomic mass is 16.6. The molecule has 0 N–H and O–H groups in total. The molecule has 4 nitrogen and oxygen atoms in total. The van der Waals surface area contributed by atoms with E-state index in [9.17, 15) is 4.79 Å². The fraction of sp³-hybridized carbons (Fsp3) is 0.500. The predicted octanol–water partition coefficient (Wildman–Crippen LogP) is 2.54. The van der Waals surface area contributed by atoms with Crippen molar-refractivity contribution >= 4 is 11.8 Å². The second-order valence-corrected chi connectivity index (χ2v) is 4.94. The van der Waals surface area contributed by atoms with E-state index in [-0.39, 0.29) is 12.2 Å². The van der Waals surface area contributed by atoms with Crippen LogP contribution in [0.4, 0.5) is 10.5 Å². The van der Waals surface area contributed by atoms with Crippen LogP contribution in [-0.4, -0.2) is 32.5 Å². The van der Waals surface area contributed by atoms with Crippen LogP contribution in [0.3, 0.4) is 0 Å². The van der Waals surface area contributed by atoms with Crippen molar-refractivity contribution in [2.24, 2.45) is 0 Å². The normalized spacial score (nSPS) is 23.3. The molecule has 1 atom stereocenters. The summed E-state index contributed by atoms with van der Waals surface area (Å²) in [4.78, 5) is 13.4. The van der Waals surface area contributed by atoms with Crippen molar-refractivity contribution < 1.29 is 14.3 Å². The first-order valence-electron chi connectivity index (χ1n) is 6.35. The highest BCUT2D eigenvalue weighted by Crippen LogP contribution is 2.40. The number of ether oxygens (including phenoxy) is 2. The molecule has 1 aromatic rings. The molecule has 0 radical (unpaired) electrons. The maximum atomic E-state index is 11.7. The first kappa shape index (κ1) is 11.5. The van der Waals surface area contributed by atoms with Gasteiger partial charge in [-0.3, -0.25) is 4.90 Å². The summed E-state index contributed by atoms with van der Waals surface area (Å²) >= 11 is 0. The Kier molecular flexibility index (Phi) is 2.96. The summed E-state index contributed by atoms with van der Waals surface area (Å²) in [5.41, 5.74) is 2.28. The fourth-order valence-electron chi connectivity index (χ4n) is 2.35. The number of amides is 1. The van der Waals surface area contributed by atoms with E-state index in [1.165, 1.54) is 18.4 Å². The molecule has 4 heteroatoms. The molecule has 0 bridgehead atoms. The van der Waals surface area contributed by atoms with Gasteiger partial charge in [-0.05, 0) is 36.5 Å². The van der Waals surface area contributed by atoms with Crippen molar-refractivity contribution in [1.29, 1.82) is 0 Å². The zero-order chi connectivity index (χ0) is 12.5. The minimum atomic E-state index is -0.281. The molecule has 18 heavy (non-hydrogen) atoms. The molecule has 0 spiro atoms. The quantitative estimate of drug-likeness (QED) is 0.820. The molecule has 1 saturated heterocycles. The number of hydrogen-bond donors (Lipinski definition) is 0. The van der Waals surface area contributed by atoms with Gasteiger partial charge in [0.25, 0.3) is 0 Å². The van der Waals surface area contributed by atoms with Crippen LogP contribution in [0.5, 0.6) is 0 Å². The molecule has 1 aromatic carbocycles. The fourth-order valence-corrected chi connectivity index (χ4v) is 2.35. The zero-order valence-electron chi connectivity index (χ0n) is 10.5. The number of cyclic esters (lactones) is 1. The lowest BCUT2D eigenvalue weighted by atomic mass is 10.1. The molecule has 1 saturated carbocycles. The van der Waals surface area contributed by atoms with Crippen molar-refractivity contribution in [3.05, 3.63) is 29.8 Å². The Morgan fingerprint density at radius 1 is 1.33 bits per heavy atom. The van der Waals surface area contributed by atoms with Crippen LogP contribution >= 0.6 is 0 Å². The first-order valence-corrected chi connectivity index (χ1v) is 6.35. The van der Waals surface area contributed by atoms with Gasteiger partial charge in [-0.1, -0.05) is 12.1 Å². The Balaban J connectivity index is 1.71. The van der Waals surface area contributed by atoms with Crippen LogP contribution in [0, 0.1) is 0 Å². The van der Waals surface area contributed by atoms with E-state index >= 15 is 0 Å². The number of rotatable bonds is 4. The highest BCUT2D eigenvalue weighted by molar-refractivity contribution is 5.89. The largest absolute Gasteiger partial charge is 0.441 e. The van der Waals surface area contributed by atoms with Gasteiger partial charge in [0, 0.05) is 12.8 Å². The molecule has 1 heterocycles. The van der Waals surface area contributed by atoms with E-state index in [2.05, 4.69) is 12.1 Å². The molecule has 0 aromatic heterocycles. The van der Waals surface area contributed by atoms with Crippen LogP contribution < -0.4 is 4.90 Å². The minimum Gasteiger partial charge on any atom is -0.441 e. The van der Waals surface area contributed by atoms with Gasteiger partial charge in [0.1, 0.15) is 6.10 Å². The molecule has 2 aliphatic rings. The summed E-state index contributed by atoms with van der Waals surface area (Å²) in [6.45, 7) is 1.01. The van der Waals surface area contributed by atoms with Crippen LogP contribution in [0.15, 0.2) is 24.3 Å². The van der Waals surface area contributed by atoms with Gasteiger partial charge in [0.05, 0.1) is 13.2 Å².